The summed E-state index contributed by atoms with van der Waals surface area (Å²) in [6.07, 6.45) is 2.18. The molecule has 0 aromatic heterocycles. The summed E-state index contributed by atoms with van der Waals surface area (Å²) in [7, 11) is -3.58. The maximum absolute atomic E-state index is 12.1. The molecule has 0 aliphatic heterocycles. The van der Waals surface area contributed by atoms with Gasteiger partial charge in [0.15, 0.2) is 0 Å². The molecule has 1 aliphatic carbocycles. The highest BCUT2D eigenvalue weighted by molar-refractivity contribution is 7.89. The van der Waals surface area contributed by atoms with Crippen LogP contribution in [0, 0.1) is 0 Å². The fourth-order valence-corrected chi connectivity index (χ4v) is 2.89. The zero-order valence-corrected chi connectivity index (χ0v) is 12.8. The summed E-state index contributed by atoms with van der Waals surface area (Å²) in [5, 5.41) is 2.81. The van der Waals surface area contributed by atoms with Crippen molar-refractivity contribution in [1.82, 2.24) is 10.0 Å². The van der Waals surface area contributed by atoms with E-state index < -0.39 is 10.0 Å². The number of hydrogen-bond donors (Lipinski definition) is 3. The Morgan fingerprint density at radius 1 is 1.33 bits per heavy atom. The van der Waals surface area contributed by atoms with Gasteiger partial charge in [-0.25, -0.2) is 13.1 Å². The van der Waals surface area contributed by atoms with Gasteiger partial charge in [-0.1, -0.05) is 12.1 Å². The largest absolute Gasteiger partial charge is 0.353 e. The molecule has 0 bridgehead atoms. The third-order valence-corrected chi connectivity index (χ3v) is 4.78. The predicted molar refractivity (Wildman–Crippen MR) is 80.0 cm³/mol. The Labute approximate surface area is 125 Å². The van der Waals surface area contributed by atoms with Crippen LogP contribution < -0.4 is 15.8 Å². The minimum Gasteiger partial charge on any atom is -0.353 e. The Hall–Kier alpha value is -1.44. The number of carbonyl (C=O) groups excluding carboxylic acids is 1. The molecule has 116 valence electrons. The van der Waals surface area contributed by atoms with E-state index in [0.29, 0.717) is 6.04 Å². The van der Waals surface area contributed by atoms with E-state index >= 15 is 0 Å². The highest BCUT2D eigenvalue weighted by Crippen LogP contribution is 2.18. The molecule has 7 heteroatoms. The molecular formula is C14H21N3O3S. The highest BCUT2D eigenvalue weighted by atomic mass is 32.2. The van der Waals surface area contributed by atoms with E-state index in [0.717, 1.165) is 18.4 Å². The molecule has 21 heavy (non-hydrogen) atoms. The van der Waals surface area contributed by atoms with Gasteiger partial charge in [0.05, 0.1) is 4.90 Å². The van der Waals surface area contributed by atoms with Gasteiger partial charge >= 0.3 is 0 Å². The number of rotatable bonds is 7. The van der Waals surface area contributed by atoms with Crippen molar-refractivity contribution < 1.29 is 13.2 Å². The molecule has 0 radical (unpaired) electrons. The first-order valence-electron chi connectivity index (χ1n) is 7.03. The van der Waals surface area contributed by atoms with Crippen LogP contribution in [0.1, 0.15) is 37.8 Å². The standard InChI is InChI=1S/C14H21N3O3S/c1-10(15)11-2-6-13(7-3-11)21(19,20)16-9-8-14(18)17-12-4-5-12/h2-3,6-7,10,12,16H,4-5,8-9,15H2,1H3,(H,17,18). The lowest BCUT2D eigenvalue weighted by Gasteiger charge is -2.09. The quantitative estimate of drug-likeness (QED) is 0.688. The number of benzene rings is 1. The third kappa shape index (κ3) is 4.80. The van der Waals surface area contributed by atoms with E-state index in [-0.39, 0.29) is 29.8 Å². The van der Waals surface area contributed by atoms with E-state index in [4.69, 9.17) is 5.73 Å². The monoisotopic (exact) mass is 311 g/mol. The van der Waals surface area contributed by atoms with Crippen LogP contribution in [-0.2, 0) is 14.8 Å². The molecule has 1 aromatic carbocycles. The van der Waals surface area contributed by atoms with Crippen molar-refractivity contribution in [2.75, 3.05) is 6.54 Å². The smallest absolute Gasteiger partial charge is 0.240 e. The molecular weight excluding hydrogens is 290 g/mol. The van der Waals surface area contributed by atoms with E-state index in [9.17, 15) is 13.2 Å². The summed E-state index contributed by atoms with van der Waals surface area (Å²) in [5.74, 6) is -0.118. The van der Waals surface area contributed by atoms with Gasteiger partial charge < -0.3 is 11.1 Å². The Morgan fingerprint density at radius 2 is 1.95 bits per heavy atom. The predicted octanol–water partition coefficient (Wildman–Crippen LogP) is 0.653. The van der Waals surface area contributed by atoms with E-state index in [1.165, 1.54) is 12.1 Å². The summed E-state index contributed by atoms with van der Waals surface area (Å²) in [4.78, 5) is 11.7. The Morgan fingerprint density at radius 3 is 2.48 bits per heavy atom. The number of sulfonamides is 1. The lowest BCUT2D eigenvalue weighted by molar-refractivity contribution is -0.121. The van der Waals surface area contributed by atoms with Crippen LogP contribution in [0.5, 0.6) is 0 Å². The van der Waals surface area contributed by atoms with E-state index in [2.05, 4.69) is 10.0 Å². The molecule has 0 heterocycles. The summed E-state index contributed by atoms with van der Waals surface area (Å²) in [6.45, 7) is 1.93. The third-order valence-electron chi connectivity index (χ3n) is 3.30. The van der Waals surface area contributed by atoms with Crippen LogP contribution in [0.3, 0.4) is 0 Å². The number of amides is 1. The molecule has 6 nitrogen and oxygen atoms in total. The van der Waals surface area contributed by atoms with Gasteiger partial charge in [-0.15, -0.1) is 0 Å². The van der Waals surface area contributed by atoms with Crippen molar-refractivity contribution >= 4 is 15.9 Å². The molecule has 4 N–H and O–H groups in total. The fraction of sp³-hybridized carbons (Fsp3) is 0.500. The molecule has 1 aliphatic rings. The van der Waals surface area contributed by atoms with Crippen LogP contribution in [0.4, 0.5) is 0 Å². The van der Waals surface area contributed by atoms with Crippen LogP contribution >= 0.6 is 0 Å². The molecule has 1 aromatic rings. The van der Waals surface area contributed by atoms with Crippen LogP contribution in [0.2, 0.25) is 0 Å². The molecule has 1 saturated carbocycles. The molecule has 1 amide bonds. The lowest BCUT2D eigenvalue weighted by atomic mass is 10.1. The maximum Gasteiger partial charge on any atom is 0.240 e. The average molecular weight is 311 g/mol. The summed E-state index contributed by atoms with van der Waals surface area (Å²) in [6, 6.07) is 6.58. The van der Waals surface area contributed by atoms with Gasteiger partial charge in [0.2, 0.25) is 15.9 Å². The number of carbonyl (C=O) groups is 1. The van der Waals surface area contributed by atoms with Crippen LogP contribution in [0.15, 0.2) is 29.2 Å². The highest BCUT2D eigenvalue weighted by Gasteiger charge is 2.23. The van der Waals surface area contributed by atoms with E-state index in [1.54, 1.807) is 12.1 Å². The van der Waals surface area contributed by atoms with Crippen LogP contribution in [-0.4, -0.2) is 26.9 Å². The van der Waals surface area contributed by atoms with Crippen molar-refractivity contribution in [2.45, 2.75) is 43.2 Å². The number of nitrogens with one attached hydrogen (secondary N) is 2. The second-order valence-corrected chi connectivity index (χ2v) is 7.11. The molecule has 1 unspecified atom stereocenters. The molecule has 0 saturated heterocycles. The number of nitrogens with two attached hydrogens (primary N) is 1. The van der Waals surface area contributed by atoms with Gasteiger partial charge in [0, 0.05) is 25.0 Å². The second-order valence-electron chi connectivity index (χ2n) is 5.35. The maximum atomic E-state index is 12.1. The zero-order valence-electron chi connectivity index (χ0n) is 12.0. The summed E-state index contributed by atoms with van der Waals surface area (Å²) in [5.41, 5.74) is 6.59. The SMILES string of the molecule is CC(N)c1ccc(S(=O)(=O)NCCC(=O)NC2CC2)cc1. The topological polar surface area (TPSA) is 101 Å². The van der Waals surface area contributed by atoms with Crippen LogP contribution in [0.25, 0.3) is 0 Å². The van der Waals surface area contributed by atoms with Crippen molar-refractivity contribution in [3.05, 3.63) is 29.8 Å². The van der Waals surface area contributed by atoms with Crippen molar-refractivity contribution in [2.24, 2.45) is 5.73 Å². The Kier molecular flexibility index (Phi) is 4.97. The fourth-order valence-electron chi connectivity index (χ4n) is 1.86. The van der Waals surface area contributed by atoms with E-state index in [1.807, 2.05) is 6.92 Å². The molecule has 0 spiro atoms. The Balaban J connectivity index is 1.86. The lowest BCUT2D eigenvalue weighted by Crippen LogP contribution is -2.31. The number of hydrogen-bond acceptors (Lipinski definition) is 4. The minimum absolute atomic E-state index is 0.0932. The molecule has 1 fully saturated rings. The molecule has 1 atom stereocenters. The first kappa shape index (κ1) is 15.9. The Bertz CT molecular complexity index is 592. The first-order chi connectivity index (χ1) is 9.88. The second kappa shape index (κ2) is 6.55. The van der Waals surface area contributed by atoms with Crippen molar-refractivity contribution in [3.8, 4) is 0 Å². The van der Waals surface area contributed by atoms with Gasteiger partial charge in [-0.3, -0.25) is 4.79 Å². The normalized spacial score (nSPS) is 16.5. The summed E-state index contributed by atoms with van der Waals surface area (Å²) < 4.78 is 26.5. The van der Waals surface area contributed by atoms with Crippen molar-refractivity contribution in [3.63, 3.8) is 0 Å². The first-order valence-corrected chi connectivity index (χ1v) is 8.51. The molecule has 2 rings (SSSR count). The van der Waals surface area contributed by atoms with Gasteiger partial charge in [0.1, 0.15) is 0 Å². The minimum atomic E-state index is -3.58. The van der Waals surface area contributed by atoms with Crippen molar-refractivity contribution in [1.29, 1.82) is 0 Å². The zero-order chi connectivity index (χ0) is 15.5. The average Bonchev–Trinajstić information content (AvgIpc) is 3.22. The van der Waals surface area contributed by atoms with Gasteiger partial charge in [-0.2, -0.15) is 0 Å². The van der Waals surface area contributed by atoms with Gasteiger partial charge in [0.25, 0.3) is 0 Å². The summed E-state index contributed by atoms with van der Waals surface area (Å²) >= 11 is 0. The van der Waals surface area contributed by atoms with Gasteiger partial charge in [-0.05, 0) is 37.5 Å².